The highest BCUT2D eigenvalue weighted by Crippen LogP contribution is 2.52. The van der Waals surface area contributed by atoms with Gasteiger partial charge in [0.25, 0.3) is 0 Å². The molecular formula is C12H20O2. The molecular weight excluding hydrogens is 176 g/mol. The van der Waals surface area contributed by atoms with Crippen LogP contribution >= 0.6 is 0 Å². The Hall–Kier alpha value is -0.530. The smallest absolute Gasteiger partial charge is 0.309 e. The Bertz CT molecular complexity index is 226. The fourth-order valence-corrected chi connectivity index (χ4v) is 2.30. The molecule has 1 atom stereocenters. The molecule has 0 aromatic heterocycles. The van der Waals surface area contributed by atoms with Crippen molar-refractivity contribution in [2.75, 3.05) is 0 Å². The zero-order chi connectivity index (χ0) is 10.2. The van der Waals surface area contributed by atoms with Crippen molar-refractivity contribution in [1.29, 1.82) is 0 Å². The van der Waals surface area contributed by atoms with Gasteiger partial charge in [0.2, 0.25) is 0 Å². The van der Waals surface area contributed by atoms with Gasteiger partial charge in [0.1, 0.15) is 6.10 Å². The number of hydrogen-bond donors (Lipinski definition) is 0. The van der Waals surface area contributed by atoms with Crippen molar-refractivity contribution < 1.29 is 9.53 Å². The first-order chi connectivity index (χ1) is 6.59. The standard InChI is InChI=1S/C12H20O2/c1-12(2)8-10(12)11(13)14-9-6-4-3-5-7-9/h9-10H,3-8H2,1-2H3. The molecule has 80 valence electrons. The average molecular weight is 196 g/mol. The molecule has 2 rings (SSSR count). The van der Waals surface area contributed by atoms with Crippen LogP contribution in [0.5, 0.6) is 0 Å². The average Bonchev–Trinajstić information content (AvgIpc) is 2.77. The van der Waals surface area contributed by atoms with E-state index in [1.165, 1.54) is 19.3 Å². The molecule has 2 aliphatic rings. The topological polar surface area (TPSA) is 26.3 Å². The van der Waals surface area contributed by atoms with Gasteiger partial charge in [0.15, 0.2) is 0 Å². The summed E-state index contributed by atoms with van der Waals surface area (Å²) in [4.78, 5) is 11.7. The summed E-state index contributed by atoms with van der Waals surface area (Å²) in [5.74, 6) is 0.242. The molecule has 0 aromatic carbocycles. The van der Waals surface area contributed by atoms with Crippen molar-refractivity contribution in [1.82, 2.24) is 0 Å². The molecule has 0 aromatic rings. The van der Waals surface area contributed by atoms with Crippen LogP contribution in [0.3, 0.4) is 0 Å². The van der Waals surface area contributed by atoms with Gasteiger partial charge in [-0.3, -0.25) is 4.79 Å². The minimum atomic E-state index is 0.0573. The summed E-state index contributed by atoms with van der Waals surface area (Å²) in [5.41, 5.74) is 0.214. The first-order valence-electron chi connectivity index (χ1n) is 5.80. The maximum atomic E-state index is 11.7. The SMILES string of the molecule is CC1(C)CC1C(=O)OC1CCCCC1. The number of hydrogen-bond acceptors (Lipinski definition) is 2. The third kappa shape index (κ3) is 2.10. The summed E-state index contributed by atoms with van der Waals surface area (Å²) in [6.45, 7) is 4.28. The molecule has 1 unspecified atom stereocenters. The summed E-state index contributed by atoms with van der Waals surface area (Å²) >= 11 is 0. The van der Waals surface area contributed by atoms with Gasteiger partial charge in [0, 0.05) is 0 Å². The Morgan fingerprint density at radius 2 is 1.79 bits per heavy atom. The molecule has 0 heterocycles. The Balaban J connectivity index is 1.77. The molecule has 0 N–H and O–H groups in total. The van der Waals surface area contributed by atoms with E-state index in [1.54, 1.807) is 0 Å². The monoisotopic (exact) mass is 196 g/mol. The van der Waals surface area contributed by atoms with Crippen molar-refractivity contribution in [2.24, 2.45) is 11.3 Å². The fraction of sp³-hybridized carbons (Fsp3) is 0.917. The Morgan fingerprint density at radius 3 is 2.29 bits per heavy atom. The first kappa shape index (κ1) is 10.0. The van der Waals surface area contributed by atoms with Gasteiger partial charge in [-0.2, -0.15) is 0 Å². The number of carbonyl (C=O) groups excluding carboxylic acids is 1. The van der Waals surface area contributed by atoms with Crippen molar-refractivity contribution >= 4 is 5.97 Å². The summed E-state index contributed by atoms with van der Waals surface area (Å²) in [5, 5.41) is 0. The zero-order valence-electron chi connectivity index (χ0n) is 9.21. The van der Waals surface area contributed by atoms with Crippen molar-refractivity contribution in [3.05, 3.63) is 0 Å². The summed E-state index contributed by atoms with van der Waals surface area (Å²) < 4.78 is 5.51. The lowest BCUT2D eigenvalue weighted by atomic mass is 9.98. The number of ether oxygens (including phenoxy) is 1. The van der Waals surface area contributed by atoms with Gasteiger partial charge in [0.05, 0.1) is 5.92 Å². The Kier molecular flexibility index (Phi) is 2.54. The third-order valence-corrected chi connectivity index (χ3v) is 3.63. The number of esters is 1. The largest absolute Gasteiger partial charge is 0.462 e. The zero-order valence-corrected chi connectivity index (χ0v) is 9.21. The minimum absolute atomic E-state index is 0.0573. The van der Waals surface area contributed by atoms with Crippen LogP contribution in [0, 0.1) is 11.3 Å². The van der Waals surface area contributed by atoms with E-state index in [0.717, 1.165) is 19.3 Å². The van der Waals surface area contributed by atoms with E-state index in [2.05, 4.69) is 13.8 Å². The molecule has 2 saturated carbocycles. The highest BCUT2D eigenvalue weighted by Gasteiger charge is 2.52. The van der Waals surface area contributed by atoms with E-state index in [4.69, 9.17) is 4.74 Å². The summed E-state index contributed by atoms with van der Waals surface area (Å²) in [6, 6.07) is 0. The quantitative estimate of drug-likeness (QED) is 0.635. The molecule has 14 heavy (non-hydrogen) atoms. The predicted molar refractivity (Wildman–Crippen MR) is 54.9 cm³/mol. The summed E-state index contributed by atoms with van der Waals surface area (Å²) in [6.07, 6.45) is 7.17. The molecule has 0 saturated heterocycles. The van der Waals surface area contributed by atoms with Crippen molar-refractivity contribution in [3.8, 4) is 0 Å². The van der Waals surface area contributed by atoms with Gasteiger partial charge in [-0.1, -0.05) is 20.3 Å². The van der Waals surface area contributed by atoms with Gasteiger partial charge < -0.3 is 4.74 Å². The van der Waals surface area contributed by atoms with E-state index in [0.29, 0.717) is 0 Å². The van der Waals surface area contributed by atoms with Crippen molar-refractivity contribution in [2.45, 2.75) is 58.5 Å². The second-order valence-electron chi connectivity index (χ2n) is 5.44. The fourth-order valence-electron chi connectivity index (χ4n) is 2.30. The second-order valence-corrected chi connectivity index (χ2v) is 5.44. The number of carbonyl (C=O) groups is 1. The van der Waals surface area contributed by atoms with Crippen LogP contribution in [-0.4, -0.2) is 12.1 Å². The van der Waals surface area contributed by atoms with E-state index in [9.17, 15) is 4.79 Å². The molecule has 2 fully saturated rings. The predicted octanol–water partition coefficient (Wildman–Crippen LogP) is 2.91. The Morgan fingerprint density at radius 1 is 1.21 bits per heavy atom. The molecule has 2 aliphatic carbocycles. The molecule has 0 spiro atoms. The van der Waals surface area contributed by atoms with Gasteiger partial charge in [-0.05, 0) is 37.5 Å². The van der Waals surface area contributed by atoms with Crippen LogP contribution in [-0.2, 0) is 9.53 Å². The van der Waals surface area contributed by atoms with Crippen LogP contribution in [0.1, 0.15) is 52.4 Å². The van der Waals surface area contributed by atoms with Crippen LogP contribution in [0.4, 0.5) is 0 Å². The van der Waals surface area contributed by atoms with Gasteiger partial charge in [-0.25, -0.2) is 0 Å². The van der Waals surface area contributed by atoms with Gasteiger partial charge >= 0.3 is 5.97 Å². The lowest BCUT2D eigenvalue weighted by molar-refractivity contribution is -0.152. The molecule has 2 heteroatoms. The third-order valence-electron chi connectivity index (χ3n) is 3.63. The first-order valence-corrected chi connectivity index (χ1v) is 5.80. The highest BCUT2D eigenvalue weighted by molar-refractivity contribution is 5.76. The van der Waals surface area contributed by atoms with Crippen LogP contribution in [0.25, 0.3) is 0 Å². The molecule has 0 amide bonds. The highest BCUT2D eigenvalue weighted by atomic mass is 16.5. The summed E-state index contributed by atoms with van der Waals surface area (Å²) in [7, 11) is 0. The van der Waals surface area contributed by atoms with E-state index < -0.39 is 0 Å². The van der Waals surface area contributed by atoms with Crippen molar-refractivity contribution in [3.63, 3.8) is 0 Å². The lowest BCUT2D eigenvalue weighted by Gasteiger charge is -2.22. The maximum absolute atomic E-state index is 11.7. The molecule has 0 bridgehead atoms. The molecule has 0 radical (unpaired) electrons. The second kappa shape index (κ2) is 3.56. The van der Waals surface area contributed by atoms with E-state index >= 15 is 0 Å². The van der Waals surface area contributed by atoms with E-state index in [1.807, 2.05) is 0 Å². The minimum Gasteiger partial charge on any atom is -0.462 e. The lowest BCUT2D eigenvalue weighted by Crippen LogP contribution is -2.22. The van der Waals surface area contributed by atoms with Crippen LogP contribution in [0.15, 0.2) is 0 Å². The number of rotatable bonds is 2. The molecule has 2 nitrogen and oxygen atoms in total. The van der Waals surface area contributed by atoms with E-state index in [-0.39, 0.29) is 23.4 Å². The van der Waals surface area contributed by atoms with Crippen LogP contribution < -0.4 is 0 Å². The normalized spacial score (nSPS) is 31.1. The van der Waals surface area contributed by atoms with Gasteiger partial charge in [-0.15, -0.1) is 0 Å². The Labute approximate surface area is 86.0 Å². The molecule has 0 aliphatic heterocycles. The maximum Gasteiger partial charge on any atom is 0.309 e. The van der Waals surface area contributed by atoms with Crippen LogP contribution in [0.2, 0.25) is 0 Å².